The lowest BCUT2D eigenvalue weighted by atomic mass is 9.32. The van der Waals surface area contributed by atoms with Crippen LogP contribution in [0.5, 0.6) is 0 Å². The fourth-order valence-corrected chi connectivity index (χ4v) is 14.3. The maximum atomic E-state index is 2.77. The fourth-order valence-electron chi connectivity index (χ4n) is 14.3. The van der Waals surface area contributed by atoms with Gasteiger partial charge >= 0.3 is 0 Å². The van der Waals surface area contributed by atoms with E-state index in [1.807, 2.05) is 0 Å². The van der Waals surface area contributed by atoms with E-state index in [2.05, 4.69) is 201 Å². The van der Waals surface area contributed by atoms with Crippen molar-refractivity contribution in [3.05, 3.63) is 197 Å². The highest BCUT2D eigenvalue weighted by Crippen LogP contribution is 2.54. The fraction of sp³-hybridized carbons (Fsp3) is 0.182. The molecule has 2 heterocycles. The van der Waals surface area contributed by atoms with Gasteiger partial charge in [-0.3, -0.25) is 0 Å². The van der Waals surface area contributed by atoms with Crippen molar-refractivity contribution in [3.63, 3.8) is 0 Å². The summed E-state index contributed by atoms with van der Waals surface area (Å²) in [6.45, 7) is 9.78. The number of fused-ring (bicyclic) bond motifs is 20. The minimum atomic E-state index is 0.0700. The Hall–Kier alpha value is -7.36. The van der Waals surface area contributed by atoms with Crippen LogP contribution in [0.3, 0.4) is 0 Å². The summed E-state index contributed by atoms with van der Waals surface area (Å²) >= 11 is 0. The van der Waals surface area contributed by atoms with Crippen LogP contribution in [0.2, 0.25) is 0 Å². The third-order valence-electron chi connectivity index (χ3n) is 17.0. The SMILES string of the molecule is CC(C)c1cc2c(c3c1CCC3)N(c1cccc3c4ccccc4c4ccccc4c13)c1cccc3c1B2c1cc(C(C)C)c2c(c1N3c1cccc3c4ccccc4c4ccccc4c13)CCC2. The zero-order chi connectivity index (χ0) is 45.8. The highest BCUT2D eigenvalue weighted by atomic mass is 15.2. The summed E-state index contributed by atoms with van der Waals surface area (Å²) in [6, 6.07) is 63.4. The zero-order valence-corrected chi connectivity index (χ0v) is 40.0. The summed E-state index contributed by atoms with van der Waals surface area (Å²) in [5, 5.41) is 15.8. The third kappa shape index (κ3) is 5.29. The van der Waals surface area contributed by atoms with E-state index in [1.54, 1.807) is 22.3 Å². The standard InChI is InChI=1S/C66H53BN2/c1-38(2)54-36-56-65(52-30-13-26-46(52)54)68(58-32-15-28-50-44-20-7-5-18-40(44)42-22-9-11-24-48(42)62(50)58)60-34-17-35-61-64(60)67(56)57-37-55(39(3)4)47-27-14-31-53(47)66(57)69(61)59-33-16-29-51-45-21-8-6-19-41(45)43-23-10-12-25-49(43)63(51)59/h5-12,15-25,28-29,32-39H,13-14,26-27,30-31H2,1-4H3. The second-order valence-corrected chi connectivity index (χ2v) is 21.1. The first-order valence-corrected chi connectivity index (χ1v) is 25.7. The Bertz CT molecular complexity index is 3720. The molecular formula is C66H53BN2. The largest absolute Gasteiger partial charge is 0.311 e. The average Bonchev–Trinajstić information content (AvgIpc) is 4.10. The molecule has 15 rings (SSSR count). The van der Waals surface area contributed by atoms with Crippen LogP contribution in [0.15, 0.2) is 164 Å². The van der Waals surface area contributed by atoms with Crippen molar-refractivity contribution in [2.75, 3.05) is 9.80 Å². The van der Waals surface area contributed by atoms with Gasteiger partial charge in [0.2, 0.25) is 0 Å². The molecule has 0 spiro atoms. The summed E-state index contributed by atoms with van der Waals surface area (Å²) in [6.07, 6.45) is 6.87. The number of rotatable bonds is 4. The molecule has 0 bridgehead atoms. The molecule has 330 valence electrons. The number of benzene rings is 11. The molecule has 69 heavy (non-hydrogen) atoms. The molecule has 0 N–H and O–H groups in total. The van der Waals surface area contributed by atoms with Gasteiger partial charge < -0.3 is 9.80 Å². The molecule has 3 heteroatoms. The Kier molecular flexibility index (Phi) is 8.37. The number of hydrogen-bond donors (Lipinski definition) is 0. The van der Waals surface area contributed by atoms with Crippen molar-refractivity contribution in [1.29, 1.82) is 0 Å². The maximum absolute atomic E-state index is 2.77. The van der Waals surface area contributed by atoms with Gasteiger partial charge in [0.25, 0.3) is 6.71 Å². The average molecular weight is 885 g/mol. The Labute approximate surface area is 404 Å². The lowest BCUT2D eigenvalue weighted by Crippen LogP contribution is -2.62. The van der Waals surface area contributed by atoms with Gasteiger partial charge in [-0.15, -0.1) is 0 Å². The van der Waals surface area contributed by atoms with Gasteiger partial charge in [-0.05, 0) is 178 Å². The molecule has 0 atom stereocenters. The van der Waals surface area contributed by atoms with E-state index < -0.39 is 0 Å². The van der Waals surface area contributed by atoms with Gasteiger partial charge in [-0.1, -0.05) is 167 Å². The molecule has 0 fully saturated rings. The van der Waals surface area contributed by atoms with Gasteiger partial charge in [0.1, 0.15) is 0 Å². The highest BCUT2D eigenvalue weighted by Gasteiger charge is 2.47. The second-order valence-electron chi connectivity index (χ2n) is 21.1. The first-order valence-electron chi connectivity index (χ1n) is 25.7. The van der Waals surface area contributed by atoms with Crippen molar-refractivity contribution in [2.24, 2.45) is 0 Å². The molecule has 4 aliphatic rings. The minimum absolute atomic E-state index is 0.0700. The molecule has 0 unspecified atom stereocenters. The van der Waals surface area contributed by atoms with Gasteiger partial charge in [-0.25, -0.2) is 0 Å². The smallest absolute Gasteiger partial charge is 0.252 e. The minimum Gasteiger partial charge on any atom is -0.311 e. The van der Waals surface area contributed by atoms with E-state index in [1.165, 1.54) is 139 Å². The lowest BCUT2D eigenvalue weighted by molar-refractivity contribution is 0.839. The van der Waals surface area contributed by atoms with Crippen LogP contribution in [0.1, 0.15) is 85.8 Å². The van der Waals surface area contributed by atoms with Crippen molar-refractivity contribution in [1.82, 2.24) is 0 Å². The predicted molar refractivity (Wildman–Crippen MR) is 298 cm³/mol. The van der Waals surface area contributed by atoms with E-state index in [9.17, 15) is 0 Å². The third-order valence-corrected chi connectivity index (χ3v) is 17.0. The van der Waals surface area contributed by atoms with E-state index >= 15 is 0 Å². The van der Waals surface area contributed by atoms with Gasteiger partial charge in [0, 0.05) is 33.5 Å². The molecule has 11 aromatic carbocycles. The summed E-state index contributed by atoms with van der Waals surface area (Å²) in [4.78, 5) is 5.54. The summed E-state index contributed by atoms with van der Waals surface area (Å²) in [5.41, 5.74) is 21.8. The van der Waals surface area contributed by atoms with Crippen LogP contribution in [-0.2, 0) is 25.7 Å². The van der Waals surface area contributed by atoms with Crippen molar-refractivity contribution in [3.8, 4) is 0 Å². The molecule has 0 aromatic heterocycles. The number of anilines is 6. The summed E-state index contributed by atoms with van der Waals surface area (Å²) < 4.78 is 0. The van der Waals surface area contributed by atoms with Gasteiger partial charge in [0.05, 0.1) is 11.4 Å². The summed E-state index contributed by atoms with van der Waals surface area (Å²) in [7, 11) is 0. The molecular weight excluding hydrogens is 832 g/mol. The number of hydrogen-bond acceptors (Lipinski definition) is 2. The predicted octanol–water partition coefficient (Wildman–Crippen LogP) is 15.9. The van der Waals surface area contributed by atoms with Crippen molar-refractivity contribution >= 4 is 122 Å². The molecule has 0 saturated heterocycles. The van der Waals surface area contributed by atoms with E-state index in [0.717, 1.165) is 25.7 Å². The molecule has 0 radical (unpaired) electrons. The van der Waals surface area contributed by atoms with Crippen LogP contribution in [0.4, 0.5) is 34.1 Å². The monoisotopic (exact) mass is 884 g/mol. The van der Waals surface area contributed by atoms with Crippen LogP contribution < -0.4 is 26.2 Å². The lowest BCUT2D eigenvalue weighted by Gasteiger charge is -2.46. The van der Waals surface area contributed by atoms with Crippen LogP contribution in [0, 0.1) is 0 Å². The Balaban J connectivity index is 1.12. The quantitative estimate of drug-likeness (QED) is 0.128. The topological polar surface area (TPSA) is 6.48 Å². The van der Waals surface area contributed by atoms with Crippen LogP contribution >= 0.6 is 0 Å². The van der Waals surface area contributed by atoms with Crippen molar-refractivity contribution < 1.29 is 0 Å². The van der Waals surface area contributed by atoms with E-state index in [4.69, 9.17) is 0 Å². The molecule has 2 aliphatic carbocycles. The first-order chi connectivity index (χ1) is 34.0. The second kappa shape index (κ2) is 14.6. The number of nitrogens with zero attached hydrogens (tertiary/aromatic N) is 2. The highest BCUT2D eigenvalue weighted by molar-refractivity contribution is 7.00. The van der Waals surface area contributed by atoms with Gasteiger partial charge in [-0.2, -0.15) is 0 Å². The Morgan fingerprint density at radius 2 is 0.652 bits per heavy atom. The Morgan fingerprint density at radius 1 is 0.348 bits per heavy atom. The van der Waals surface area contributed by atoms with Crippen molar-refractivity contribution in [2.45, 2.75) is 78.1 Å². The molecule has 11 aromatic rings. The molecule has 2 nitrogen and oxygen atoms in total. The van der Waals surface area contributed by atoms with E-state index in [0.29, 0.717) is 11.8 Å². The summed E-state index contributed by atoms with van der Waals surface area (Å²) in [5.74, 6) is 0.842. The Morgan fingerprint density at radius 3 is 1.03 bits per heavy atom. The van der Waals surface area contributed by atoms with E-state index in [-0.39, 0.29) is 6.71 Å². The van der Waals surface area contributed by atoms with Crippen LogP contribution in [0.25, 0.3) is 64.6 Å². The van der Waals surface area contributed by atoms with Gasteiger partial charge in [0.15, 0.2) is 0 Å². The molecule has 2 aliphatic heterocycles. The normalized spacial score (nSPS) is 14.8. The van der Waals surface area contributed by atoms with Crippen LogP contribution in [-0.4, -0.2) is 6.71 Å². The zero-order valence-electron chi connectivity index (χ0n) is 40.0. The molecule has 0 amide bonds. The first kappa shape index (κ1) is 39.6. The maximum Gasteiger partial charge on any atom is 0.252 e. The molecule has 0 saturated carbocycles.